The van der Waals surface area contributed by atoms with E-state index in [0.717, 1.165) is 4.90 Å². The first kappa shape index (κ1) is 17.8. The molecule has 0 saturated carbocycles. The van der Waals surface area contributed by atoms with Gasteiger partial charge in [-0.2, -0.15) is 0 Å². The summed E-state index contributed by atoms with van der Waals surface area (Å²) in [4.78, 5) is 34.7. The first-order valence-electron chi connectivity index (χ1n) is 6.68. The van der Waals surface area contributed by atoms with Crippen LogP contribution in [0.1, 0.15) is 10.4 Å². The van der Waals surface area contributed by atoms with Crippen LogP contribution in [0.15, 0.2) is 53.4 Å². The number of nitro benzene ring substituents is 1. The minimum Gasteiger partial charge on any atom is -0.272 e. The Bertz CT molecular complexity index is 768. The zero-order valence-corrected chi connectivity index (χ0v) is 13.8. The number of hydrazine groups is 1. The minimum atomic E-state index is -0.757. The summed E-state index contributed by atoms with van der Waals surface area (Å²) in [7, 11) is 0. The number of benzene rings is 2. The predicted molar refractivity (Wildman–Crippen MR) is 90.9 cm³/mol. The molecule has 2 N–H and O–H groups in total. The summed E-state index contributed by atoms with van der Waals surface area (Å²) in [5, 5.41) is 11.5. The number of halogens is 1. The second kappa shape index (κ2) is 8.32. The van der Waals surface area contributed by atoms with E-state index in [0.29, 0.717) is 5.02 Å². The van der Waals surface area contributed by atoms with Crippen LogP contribution in [0.5, 0.6) is 0 Å². The van der Waals surface area contributed by atoms with Crippen LogP contribution in [0, 0.1) is 10.1 Å². The number of thioether (sulfide) groups is 1. The molecule has 0 aliphatic carbocycles. The summed E-state index contributed by atoms with van der Waals surface area (Å²) in [6.07, 6.45) is 0. The first-order chi connectivity index (χ1) is 11.5. The third-order valence-electron chi connectivity index (χ3n) is 2.84. The Morgan fingerprint density at radius 2 is 1.75 bits per heavy atom. The van der Waals surface area contributed by atoms with Crippen molar-refractivity contribution in [1.82, 2.24) is 10.9 Å². The molecule has 7 nitrogen and oxygen atoms in total. The van der Waals surface area contributed by atoms with E-state index in [9.17, 15) is 19.7 Å². The Morgan fingerprint density at radius 1 is 1.08 bits per heavy atom. The van der Waals surface area contributed by atoms with E-state index in [2.05, 4.69) is 10.9 Å². The zero-order chi connectivity index (χ0) is 17.5. The molecule has 0 aromatic heterocycles. The summed E-state index contributed by atoms with van der Waals surface area (Å²) in [5.74, 6) is -1.13. The molecular weight excluding hydrogens is 354 g/mol. The topological polar surface area (TPSA) is 101 Å². The van der Waals surface area contributed by atoms with Gasteiger partial charge in [-0.3, -0.25) is 30.6 Å². The first-order valence-corrected chi connectivity index (χ1v) is 8.04. The lowest BCUT2D eigenvalue weighted by Gasteiger charge is -2.07. The molecule has 2 aromatic carbocycles. The molecule has 24 heavy (non-hydrogen) atoms. The number of amides is 2. The van der Waals surface area contributed by atoms with Gasteiger partial charge in [-0.1, -0.05) is 23.7 Å². The highest BCUT2D eigenvalue weighted by molar-refractivity contribution is 8.00. The molecule has 0 aliphatic heterocycles. The Morgan fingerprint density at radius 3 is 2.42 bits per heavy atom. The molecule has 0 unspecified atom stereocenters. The van der Waals surface area contributed by atoms with E-state index in [1.54, 1.807) is 24.3 Å². The Kier molecular flexibility index (Phi) is 6.16. The number of hydrogen-bond acceptors (Lipinski definition) is 5. The van der Waals surface area contributed by atoms with Crippen LogP contribution in [0.2, 0.25) is 5.02 Å². The normalized spacial score (nSPS) is 10.0. The van der Waals surface area contributed by atoms with Crippen molar-refractivity contribution in [1.29, 1.82) is 0 Å². The summed E-state index contributed by atoms with van der Waals surface area (Å²) >= 11 is 7.03. The van der Waals surface area contributed by atoms with Gasteiger partial charge in [0.15, 0.2) is 0 Å². The molecule has 0 atom stereocenters. The highest BCUT2D eigenvalue weighted by Gasteiger charge is 2.19. The maximum Gasteiger partial charge on any atom is 0.282 e. The number of nitro groups is 1. The van der Waals surface area contributed by atoms with E-state index in [4.69, 9.17) is 11.6 Å². The van der Waals surface area contributed by atoms with Gasteiger partial charge in [0.1, 0.15) is 5.56 Å². The number of hydrogen-bond donors (Lipinski definition) is 2. The highest BCUT2D eigenvalue weighted by atomic mass is 35.5. The van der Waals surface area contributed by atoms with Crippen molar-refractivity contribution in [3.05, 3.63) is 69.2 Å². The van der Waals surface area contributed by atoms with Gasteiger partial charge in [-0.15, -0.1) is 11.8 Å². The molecule has 0 aliphatic rings. The molecule has 0 fully saturated rings. The lowest BCUT2D eigenvalue weighted by atomic mass is 10.2. The van der Waals surface area contributed by atoms with Crippen LogP contribution in [0.25, 0.3) is 0 Å². The Balaban J connectivity index is 1.86. The Hall–Kier alpha value is -2.58. The lowest BCUT2D eigenvalue weighted by Crippen LogP contribution is -2.42. The van der Waals surface area contributed by atoms with Crippen LogP contribution in [-0.4, -0.2) is 22.5 Å². The smallest absolute Gasteiger partial charge is 0.272 e. The van der Waals surface area contributed by atoms with Gasteiger partial charge in [-0.25, -0.2) is 0 Å². The van der Waals surface area contributed by atoms with Crippen LogP contribution >= 0.6 is 23.4 Å². The second-order valence-electron chi connectivity index (χ2n) is 4.52. The monoisotopic (exact) mass is 365 g/mol. The molecule has 124 valence electrons. The average Bonchev–Trinajstić information content (AvgIpc) is 2.59. The van der Waals surface area contributed by atoms with Crippen molar-refractivity contribution in [2.45, 2.75) is 4.90 Å². The van der Waals surface area contributed by atoms with Crippen molar-refractivity contribution < 1.29 is 14.5 Å². The Labute approximate surface area is 146 Å². The van der Waals surface area contributed by atoms with Crippen molar-refractivity contribution in [2.75, 3.05) is 5.75 Å². The number of nitrogens with zero attached hydrogens (tertiary/aromatic N) is 1. The molecular formula is C15H12ClN3O4S. The fraction of sp³-hybridized carbons (Fsp3) is 0.0667. The van der Waals surface area contributed by atoms with Crippen molar-refractivity contribution in [3.63, 3.8) is 0 Å². The fourth-order valence-electron chi connectivity index (χ4n) is 1.73. The molecule has 2 aromatic rings. The molecule has 2 rings (SSSR count). The number of carbonyl (C=O) groups is 2. The number of para-hydroxylation sites is 1. The fourth-order valence-corrected chi connectivity index (χ4v) is 2.56. The number of rotatable bonds is 5. The third-order valence-corrected chi connectivity index (χ3v) is 4.11. The van der Waals surface area contributed by atoms with Gasteiger partial charge in [0.05, 0.1) is 10.7 Å². The van der Waals surface area contributed by atoms with Crippen LogP contribution in [-0.2, 0) is 4.79 Å². The summed E-state index contributed by atoms with van der Waals surface area (Å²) in [6.45, 7) is 0. The van der Waals surface area contributed by atoms with Crippen LogP contribution in [0.4, 0.5) is 5.69 Å². The summed E-state index contributed by atoms with van der Waals surface area (Å²) in [6, 6.07) is 12.4. The van der Waals surface area contributed by atoms with E-state index in [1.165, 1.54) is 36.0 Å². The molecule has 9 heteroatoms. The highest BCUT2D eigenvalue weighted by Crippen LogP contribution is 2.20. The van der Waals surface area contributed by atoms with Gasteiger partial charge < -0.3 is 0 Å². The lowest BCUT2D eigenvalue weighted by molar-refractivity contribution is -0.385. The van der Waals surface area contributed by atoms with Gasteiger partial charge in [0, 0.05) is 16.0 Å². The van der Waals surface area contributed by atoms with Crippen molar-refractivity contribution in [2.24, 2.45) is 0 Å². The maximum absolute atomic E-state index is 11.9. The van der Waals surface area contributed by atoms with Crippen LogP contribution in [0.3, 0.4) is 0 Å². The predicted octanol–water partition coefficient (Wildman–Crippen LogP) is 2.80. The second-order valence-corrected chi connectivity index (χ2v) is 6.00. The minimum absolute atomic E-state index is 0.0682. The van der Waals surface area contributed by atoms with E-state index in [1.807, 2.05) is 0 Å². The third kappa shape index (κ3) is 4.97. The van der Waals surface area contributed by atoms with Gasteiger partial charge >= 0.3 is 0 Å². The van der Waals surface area contributed by atoms with Gasteiger partial charge in [0.2, 0.25) is 5.91 Å². The molecule has 0 saturated heterocycles. The average molecular weight is 366 g/mol. The number of nitrogens with one attached hydrogen (secondary N) is 2. The van der Waals surface area contributed by atoms with Gasteiger partial charge in [0.25, 0.3) is 11.6 Å². The number of carbonyl (C=O) groups excluding carboxylic acids is 2. The molecule has 0 radical (unpaired) electrons. The van der Waals surface area contributed by atoms with Crippen molar-refractivity contribution >= 4 is 40.9 Å². The van der Waals surface area contributed by atoms with Crippen LogP contribution < -0.4 is 10.9 Å². The van der Waals surface area contributed by atoms with Gasteiger partial charge in [-0.05, 0) is 30.3 Å². The molecule has 0 heterocycles. The summed E-state index contributed by atoms with van der Waals surface area (Å²) in [5.41, 5.74) is 3.92. The maximum atomic E-state index is 11.9. The summed E-state index contributed by atoms with van der Waals surface area (Å²) < 4.78 is 0. The quantitative estimate of drug-likeness (QED) is 0.482. The van der Waals surface area contributed by atoms with Crippen molar-refractivity contribution in [3.8, 4) is 0 Å². The molecule has 2 amide bonds. The van der Waals surface area contributed by atoms with E-state index < -0.39 is 16.7 Å². The van der Waals surface area contributed by atoms with E-state index in [-0.39, 0.29) is 17.0 Å². The standard InChI is InChI=1S/C15H12ClN3O4S/c16-10-5-7-11(8-6-10)24-9-14(20)17-18-15(21)12-3-1-2-4-13(12)19(22)23/h1-8H,9H2,(H,17,20)(H,18,21). The largest absolute Gasteiger partial charge is 0.282 e. The molecule has 0 bridgehead atoms. The molecule has 0 spiro atoms. The SMILES string of the molecule is O=C(CSc1ccc(Cl)cc1)NNC(=O)c1ccccc1[N+](=O)[O-]. The van der Waals surface area contributed by atoms with E-state index >= 15 is 0 Å². The zero-order valence-electron chi connectivity index (χ0n) is 12.2.